The zero-order valence-corrected chi connectivity index (χ0v) is 11.2. The second kappa shape index (κ2) is 7.22. The molecule has 0 saturated heterocycles. The lowest BCUT2D eigenvalue weighted by molar-refractivity contribution is -0.117. The summed E-state index contributed by atoms with van der Waals surface area (Å²) in [6.45, 7) is 4.75. The van der Waals surface area contributed by atoms with Crippen molar-refractivity contribution in [1.82, 2.24) is 0 Å². The van der Waals surface area contributed by atoms with E-state index < -0.39 is 0 Å². The Morgan fingerprint density at radius 1 is 1.35 bits per heavy atom. The van der Waals surface area contributed by atoms with Crippen LogP contribution in [0.4, 0.5) is 0 Å². The highest BCUT2D eigenvalue weighted by molar-refractivity contribution is 7.99. The minimum Gasteiger partial charge on any atom is -0.492 e. The van der Waals surface area contributed by atoms with Gasteiger partial charge in [0.25, 0.3) is 0 Å². The van der Waals surface area contributed by atoms with Crippen LogP contribution in [0.1, 0.15) is 17.5 Å². The topological polar surface area (TPSA) is 52.3 Å². The number of primary amides is 1. The highest BCUT2D eigenvalue weighted by Gasteiger charge is 2.00. The zero-order chi connectivity index (χ0) is 12.7. The number of nitrogens with two attached hydrogens (primary N) is 1. The second-order valence-corrected chi connectivity index (χ2v) is 5.17. The maximum atomic E-state index is 10.5. The molecule has 0 bridgehead atoms. The summed E-state index contributed by atoms with van der Waals surface area (Å²) >= 11 is 1.69. The van der Waals surface area contributed by atoms with E-state index in [2.05, 4.69) is 12.1 Å². The van der Waals surface area contributed by atoms with Gasteiger partial charge in [0, 0.05) is 17.9 Å². The molecule has 0 spiro atoms. The van der Waals surface area contributed by atoms with E-state index in [4.69, 9.17) is 10.5 Å². The molecule has 1 aromatic carbocycles. The van der Waals surface area contributed by atoms with Gasteiger partial charge in [-0.1, -0.05) is 12.1 Å². The van der Waals surface area contributed by atoms with Crippen molar-refractivity contribution in [1.29, 1.82) is 0 Å². The van der Waals surface area contributed by atoms with E-state index >= 15 is 0 Å². The number of carbonyl (C=O) groups excluding carboxylic acids is 1. The standard InChI is InChI=1S/C13H19NO2S/c1-10-3-4-11(2)12(9-10)16-6-8-17-7-5-13(14)15/h3-4,9H,5-8H2,1-2H3,(H2,14,15). The maximum absolute atomic E-state index is 10.5. The molecule has 0 radical (unpaired) electrons. The fourth-order valence-corrected chi connectivity index (χ4v) is 2.10. The minimum atomic E-state index is -0.243. The molecule has 1 aromatic rings. The van der Waals surface area contributed by atoms with Crippen molar-refractivity contribution in [2.45, 2.75) is 20.3 Å². The van der Waals surface area contributed by atoms with Crippen LogP contribution < -0.4 is 10.5 Å². The van der Waals surface area contributed by atoms with E-state index in [1.807, 2.05) is 19.9 Å². The van der Waals surface area contributed by atoms with Crippen LogP contribution in [0, 0.1) is 13.8 Å². The van der Waals surface area contributed by atoms with E-state index in [0.717, 1.165) is 22.8 Å². The zero-order valence-electron chi connectivity index (χ0n) is 10.4. The summed E-state index contributed by atoms with van der Waals surface area (Å²) in [6, 6.07) is 6.18. The average molecular weight is 253 g/mol. The number of aryl methyl sites for hydroxylation is 2. The Hall–Kier alpha value is -1.16. The summed E-state index contributed by atoms with van der Waals surface area (Å²) in [4.78, 5) is 10.5. The third-order valence-corrected chi connectivity index (χ3v) is 3.27. The molecule has 0 aliphatic rings. The average Bonchev–Trinajstić information content (AvgIpc) is 2.27. The van der Waals surface area contributed by atoms with Crippen molar-refractivity contribution in [2.24, 2.45) is 5.73 Å². The number of ether oxygens (including phenoxy) is 1. The van der Waals surface area contributed by atoms with Crippen molar-refractivity contribution in [3.63, 3.8) is 0 Å². The van der Waals surface area contributed by atoms with E-state index in [1.165, 1.54) is 5.56 Å². The number of carbonyl (C=O) groups is 1. The first-order valence-electron chi connectivity index (χ1n) is 5.65. The van der Waals surface area contributed by atoms with Crippen LogP contribution in [-0.4, -0.2) is 24.0 Å². The minimum absolute atomic E-state index is 0.243. The van der Waals surface area contributed by atoms with Crippen LogP contribution in [0.5, 0.6) is 5.75 Å². The highest BCUT2D eigenvalue weighted by atomic mass is 32.2. The lowest BCUT2D eigenvalue weighted by atomic mass is 10.1. The Morgan fingerprint density at radius 3 is 2.82 bits per heavy atom. The molecule has 17 heavy (non-hydrogen) atoms. The molecule has 4 heteroatoms. The van der Waals surface area contributed by atoms with E-state index in [9.17, 15) is 4.79 Å². The predicted molar refractivity (Wildman–Crippen MR) is 72.5 cm³/mol. The third kappa shape index (κ3) is 5.63. The first-order chi connectivity index (χ1) is 8.09. The molecule has 1 amide bonds. The molecule has 0 heterocycles. The Kier molecular flexibility index (Phi) is 5.91. The lowest BCUT2D eigenvalue weighted by Crippen LogP contribution is -2.11. The Morgan fingerprint density at radius 2 is 2.12 bits per heavy atom. The van der Waals surface area contributed by atoms with E-state index in [1.54, 1.807) is 11.8 Å². The molecule has 94 valence electrons. The first-order valence-corrected chi connectivity index (χ1v) is 6.81. The maximum Gasteiger partial charge on any atom is 0.218 e. The largest absolute Gasteiger partial charge is 0.492 e. The normalized spacial score (nSPS) is 10.2. The number of benzene rings is 1. The van der Waals surface area contributed by atoms with Crippen LogP contribution in [0.25, 0.3) is 0 Å². The Balaban J connectivity index is 2.22. The molecule has 0 saturated carbocycles. The van der Waals surface area contributed by atoms with Gasteiger partial charge in [-0.15, -0.1) is 0 Å². The van der Waals surface area contributed by atoms with Crippen LogP contribution >= 0.6 is 11.8 Å². The molecule has 0 atom stereocenters. The summed E-state index contributed by atoms with van der Waals surface area (Å²) in [5, 5.41) is 0. The Labute approximate surface area is 107 Å². The molecular weight excluding hydrogens is 234 g/mol. The third-order valence-electron chi connectivity index (χ3n) is 2.32. The van der Waals surface area contributed by atoms with E-state index in [0.29, 0.717) is 13.0 Å². The van der Waals surface area contributed by atoms with Crippen molar-refractivity contribution < 1.29 is 9.53 Å². The summed E-state index contributed by atoms with van der Waals surface area (Å²) in [5.74, 6) is 2.35. The van der Waals surface area contributed by atoms with Gasteiger partial charge >= 0.3 is 0 Å². The van der Waals surface area contributed by atoms with Gasteiger partial charge in [-0.2, -0.15) is 11.8 Å². The van der Waals surface area contributed by atoms with Crippen molar-refractivity contribution in [2.75, 3.05) is 18.1 Å². The van der Waals surface area contributed by atoms with E-state index in [-0.39, 0.29) is 5.91 Å². The predicted octanol–water partition coefficient (Wildman–Crippen LogP) is 2.29. The molecule has 0 aliphatic heterocycles. The molecule has 0 aliphatic carbocycles. The van der Waals surface area contributed by atoms with Crippen molar-refractivity contribution >= 4 is 17.7 Å². The molecular formula is C13H19NO2S. The SMILES string of the molecule is Cc1ccc(C)c(OCCSCCC(N)=O)c1. The monoisotopic (exact) mass is 253 g/mol. The van der Waals surface area contributed by atoms with Crippen molar-refractivity contribution in [3.05, 3.63) is 29.3 Å². The fraction of sp³-hybridized carbons (Fsp3) is 0.462. The van der Waals surface area contributed by atoms with Gasteiger partial charge in [-0.25, -0.2) is 0 Å². The van der Waals surface area contributed by atoms with Gasteiger partial charge < -0.3 is 10.5 Å². The second-order valence-electron chi connectivity index (χ2n) is 3.95. The number of rotatable bonds is 7. The molecule has 1 rings (SSSR count). The van der Waals surface area contributed by atoms with Gasteiger partial charge in [0.2, 0.25) is 5.91 Å². The lowest BCUT2D eigenvalue weighted by Gasteiger charge is -2.09. The molecule has 0 unspecified atom stereocenters. The molecule has 2 N–H and O–H groups in total. The quantitative estimate of drug-likeness (QED) is 0.759. The molecule has 0 aromatic heterocycles. The van der Waals surface area contributed by atoms with Gasteiger partial charge in [0.1, 0.15) is 5.75 Å². The molecule has 3 nitrogen and oxygen atoms in total. The fourth-order valence-electron chi connectivity index (χ4n) is 1.35. The summed E-state index contributed by atoms with van der Waals surface area (Å²) in [6.07, 6.45) is 0.439. The number of amides is 1. The van der Waals surface area contributed by atoms with Crippen molar-refractivity contribution in [3.8, 4) is 5.75 Å². The van der Waals surface area contributed by atoms with Gasteiger partial charge in [0.15, 0.2) is 0 Å². The first kappa shape index (κ1) is 13.9. The van der Waals surface area contributed by atoms with Gasteiger partial charge in [0.05, 0.1) is 6.61 Å². The van der Waals surface area contributed by atoms with Crippen LogP contribution in [-0.2, 0) is 4.79 Å². The van der Waals surface area contributed by atoms with Crippen LogP contribution in [0.3, 0.4) is 0 Å². The van der Waals surface area contributed by atoms with Gasteiger partial charge in [-0.05, 0) is 31.0 Å². The summed E-state index contributed by atoms with van der Waals surface area (Å²) in [5.41, 5.74) is 7.40. The smallest absolute Gasteiger partial charge is 0.218 e. The summed E-state index contributed by atoms with van der Waals surface area (Å²) in [7, 11) is 0. The Bertz CT molecular complexity index is 380. The van der Waals surface area contributed by atoms with Gasteiger partial charge in [-0.3, -0.25) is 4.79 Å². The van der Waals surface area contributed by atoms with Crippen LogP contribution in [0.2, 0.25) is 0 Å². The number of hydrogen-bond acceptors (Lipinski definition) is 3. The van der Waals surface area contributed by atoms with Crippen LogP contribution in [0.15, 0.2) is 18.2 Å². The molecule has 0 fully saturated rings. The summed E-state index contributed by atoms with van der Waals surface area (Å²) < 4.78 is 5.69. The highest BCUT2D eigenvalue weighted by Crippen LogP contribution is 2.19. The number of hydrogen-bond donors (Lipinski definition) is 1. The number of thioether (sulfide) groups is 1.